The lowest BCUT2D eigenvalue weighted by atomic mass is 9.84. The topological polar surface area (TPSA) is 66.8 Å². The molecule has 0 spiro atoms. The zero-order valence-electron chi connectivity index (χ0n) is 12.2. The first-order valence-electron chi connectivity index (χ1n) is 7.32. The summed E-state index contributed by atoms with van der Waals surface area (Å²) < 4.78 is 5.30. The molecule has 1 aromatic rings. The van der Waals surface area contributed by atoms with E-state index in [1.807, 2.05) is 30.3 Å². The van der Waals surface area contributed by atoms with Crippen LogP contribution in [0.1, 0.15) is 38.2 Å². The number of nitrogens with zero attached hydrogens (tertiary/aromatic N) is 1. The van der Waals surface area contributed by atoms with E-state index in [0.717, 1.165) is 18.4 Å². The van der Waals surface area contributed by atoms with Crippen molar-refractivity contribution in [3.63, 3.8) is 0 Å². The number of amides is 1. The third-order valence-corrected chi connectivity index (χ3v) is 4.15. The highest BCUT2D eigenvalue weighted by Gasteiger charge is 2.47. The summed E-state index contributed by atoms with van der Waals surface area (Å²) in [5, 5.41) is 9.54. The summed E-state index contributed by atoms with van der Waals surface area (Å²) in [6.45, 7) is 2.40. The van der Waals surface area contributed by atoms with E-state index in [-0.39, 0.29) is 6.61 Å². The molecule has 1 unspecified atom stereocenters. The maximum atomic E-state index is 12.3. The van der Waals surface area contributed by atoms with E-state index in [9.17, 15) is 14.7 Å². The first kappa shape index (κ1) is 15.4. The number of carboxylic acid groups (broad SMARTS) is 1. The van der Waals surface area contributed by atoms with Crippen LogP contribution in [-0.2, 0) is 16.1 Å². The number of aliphatic carboxylic acids is 1. The second kappa shape index (κ2) is 6.61. The number of rotatable bonds is 4. The molecule has 5 nitrogen and oxygen atoms in total. The number of carbonyl (C=O) groups excluding carboxylic acids is 1. The monoisotopic (exact) mass is 291 g/mol. The summed E-state index contributed by atoms with van der Waals surface area (Å²) in [6.07, 6.45) is 1.97. The van der Waals surface area contributed by atoms with Crippen molar-refractivity contribution >= 4 is 12.1 Å². The van der Waals surface area contributed by atoms with Crippen molar-refractivity contribution in [2.75, 3.05) is 6.54 Å². The van der Waals surface area contributed by atoms with E-state index >= 15 is 0 Å². The van der Waals surface area contributed by atoms with Crippen molar-refractivity contribution in [3.8, 4) is 0 Å². The molecular formula is C16H21NO4. The van der Waals surface area contributed by atoms with Gasteiger partial charge in [-0.25, -0.2) is 9.59 Å². The number of ether oxygens (including phenoxy) is 1. The molecule has 0 bridgehead atoms. The van der Waals surface area contributed by atoms with E-state index < -0.39 is 17.6 Å². The highest BCUT2D eigenvalue weighted by molar-refractivity contribution is 5.84. The largest absolute Gasteiger partial charge is 0.479 e. The van der Waals surface area contributed by atoms with Gasteiger partial charge in [-0.3, -0.25) is 4.90 Å². The lowest BCUT2D eigenvalue weighted by molar-refractivity contribution is -0.153. The molecule has 1 fully saturated rings. The van der Waals surface area contributed by atoms with Crippen LogP contribution >= 0.6 is 0 Å². The van der Waals surface area contributed by atoms with Crippen LogP contribution in [-0.4, -0.2) is 34.2 Å². The molecule has 5 heteroatoms. The second-order valence-electron chi connectivity index (χ2n) is 5.34. The minimum Gasteiger partial charge on any atom is -0.479 e. The van der Waals surface area contributed by atoms with Crippen molar-refractivity contribution < 1.29 is 19.4 Å². The quantitative estimate of drug-likeness (QED) is 0.926. The highest BCUT2D eigenvalue weighted by atomic mass is 16.6. The van der Waals surface area contributed by atoms with Gasteiger partial charge >= 0.3 is 12.1 Å². The van der Waals surface area contributed by atoms with Gasteiger partial charge in [0.25, 0.3) is 0 Å². The van der Waals surface area contributed by atoms with Gasteiger partial charge in [-0.1, -0.05) is 37.3 Å². The molecule has 1 aliphatic heterocycles. The molecule has 1 saturated heterocycles. The van der Waals surface area contributed by atoms with Crippen molar-refractivity contribution in [2.24, 2.45) is 0 Å². The first-order valence-corrected chi connectivity index (χ1v) is 7.32. The Morgan fingerprint density at radius 2 is 2.00 bits per heavy atom. The smallest absolute Gasteiger partial charge is 0.411 e. The fourth-order valence-electron chi connectivity index (χ4n) is 2.84. The number of carbonyl (C=O) groups is 2. The van der Waals surface area contributed by atoms with E-state index in [1.165, 1.54) is 4.90 Å². The van der Waals surface area contributed by atoms with Crippen molar-refractivity contribution in [1.29, 1.82) is 0 Å². The first-order chi connectivity index (χ1) is 10.1. The van der Waals surface area contributed by atoms with E-state index in [0.29, 0.717) is 19.4 Å². The molecule has 114 valence electrons. The summed E-state index contributed by atoms with van der Waals surface area (Å²) in [4.78, 5) is 25.3. The Hall–Kier alpha value is -2.04. The summed E-state index contributed by atoms with van der Waals surface area (Å²) in [5.74, 6) is -0.943. The highest BCUT2D eigenvalue weighted by Crippen LogP contribution is 2.32. The minimum absolute atomic E-state index is 0.162. The zero-order chi connectivity index (χ0) is 15.3. The molecule has 1 aliphatic rings. The van der Waals surface area contributed by atoms with Crippen molar-refractivity contribution in [2.45, 2.75) is 44.8 Å². The summed E-state index contributed by atoms with van der Waals surface area (Å²) in [7, 11) is 0. The molecule has 1 heterocycles. The Bertz CT molecular complexity index is 502. The number of piperidine rings is 1. The third kappa shape index (κ3) is 3.17. The van der Waals surface area contributed by atoms with Gasteiger partial charge in [-0.05, 0) is 31.2 Å². The number of likely N-dealkylation sites (tertiary alicyclic amines) is 1. The van der Waals surface area contributed by atoms with Crippen molar-refractivity contribution in [3.05, 3.63) is 35.9 Å². The lowest BCUT2D eigenvalue weighted by Gasteiger charge is -2.42. The number of hydrogen-bond donors (Lipinski definition) is 1. The second-order valence-corrected chi connectivity index (χ2v) is 5.34. The zero-order valence-corrected chi connectivity index (χ0v) is 12.2. The van der Waals surface area contributed by atoms with Gasteiger partial charge in [0.1, 0.15) is 12.1 Å². The summed E-state index contributed by atoms with van der Waals surface area (Å²) in [6, 6.07) is 9.37. The van der Waals surface area contributed by atoms with Crippen LogP contribution in [0.4, 0.5) is 4.79 Å². The van der Waals surface area contributed by atoms with Crippen LogP contribution in [0.3, 0.4) is 0 Å². The molecule has 0 radical (unpaired) electrons. The van der Waals surface area contributed by atoms with Crippen LogP contribution in [0.25, 0.3) is 0 Å². The molecule has 1 atom stereocenters. The van der Waals surface area contributed by atoms with Gasteiger partial charge in [0.05, 0.1) is 0 Å². The van der Waals surface area contributed by atoms with Gasteiger partial charge in [0.2, 0.25) is 0 Å². The standard InChI is InChI=1S/C16H21NO4/c1-2-16(14(18)19)10-6-7-11-17(16)15(20)21-12-13-8-4-3-5-9-13/h3-5,8-9H,2,6-7,10-12H2,1H3,(H,18,19). The predicted octanol–water partition coefficient (Wildman–Crippen LogP) is 3.04. The van der Waals surface area contributed by atoms with Crippen molar-refractivity contribution in [1.82, 2.24) is 4.90 Å². The molecule has 0 saturated carbocycles. The van der Waals surface area contributed by atoms with E-state index in [1.54, 1.807) is 6.92 Å². The molecular weight excluding hydrogens is 270 g/mol. The fraction of sp³-hybridized carbons (Fsp3) is 0.500. The normalized spacial score (nSPS) is 21.9. The van der Waals surface area contributed by atoms with E-state index in [2.05, 4.69) is 0 Å². The Morgan fingerprint density at radius 3 is 2.62 bits per heavy atom. The van der Waals surface area contributed by atoms with Gasteiger partial charge in [0, 0.05) is 6.54 Å². The minimum atomic E-state index is -1.12. The average Bonchev–Trinajstić information content (AvgIpc) is 2.53. The Kier molecular flexibility index (Phi) is 4.83. The average molecular weight is 291 g/mol. The Labute approximate surface area is 124 Å². The number of carboxylic acids is 1. The molecule has 1 amide bonds. The lowest BCUT2D eigenvalue weighted by Crippen LogP contribution is -2.59. The fourth-order valence-corrected chi connectivity index (χ4v) is 2.84. The number of hydrogen-bond acceptors (Lipinski definition) is 3. The maximum absolute atomic E-state index is 12.3. The maximum Gasteiger partial charge on any atom is 0.411 e. The SMILES string of the molecule is CCC1(C(=O)O)CCCCN1C(=O)OCc1ccccc1. The van der Waals surface area contributed by atoms with Crippen LogP contribution in [0, 0.1) is 0 Å². The Morgan fingerprint density at radius 1 is 1.29 bits per heavy atom. The van der Waals surface area contributed by atoms with Crippen LogP contribution in [0.15, 0.2) is 30.3 Å². The molecule has 2 rings (SSSR count). The Balaban J connectivity index is 2.07. The van der Waals surface area contributed by atoms with Gasteiger partial charge in [-0.15, -0.1) is 0 Å². The van der Waals surface area contributed by atoms with Gasteiger partial charge < -0.3 is 9.84 Å². The van der Waals surface area contributed by atoms with Crippen LogP contribution < -0.4 is 0 Å². The van der Waals surface area contributed by atoms with Crippen LogP contribution in [0.2, 0.25) is 0 Å². The molecule has 0 aliphatic carbocycles. The molecule has 1 N–H and O–H groups in total. The third-order valence-electron chi connectivity index (χ3n) is 4.15. The van der Waals surface area contributed by atoms with Crippen LogP contribution in [0.5, 0.6) is 0 Å². The molecule has 0 aromatic heterocycles. The summed E-state index contributed by atoms with van der Waals surface area (Å²) >= 11 is 0. The molecule has 1 aromatic carbocycles. The van der Waals surface area contributed by atoms with Gasteiger partial charge in [0.15, 0.2) is 0 Å². The van der Waals surface area contributed by atoms with E-state index in [4.69, 9.17) is 4.74 Å². The predicted molar refractivity (Wildman–Crippen MR) is 77.8 cm³/mol. The molecule has 21 heavy (non-hydrogen) atoms. The summed E-state index contributed by atoms with van der Waals surface area (Å²) in [5.41, 5.74) is -0.230. The van der Waals surface area contributed by atoms with Gasteiger partial charge in [-0.2, -0.15) is 0 Å². The number of benzene rings is 1.